The molecule has 0 aliphatic rings. The molecular weight excluding hydrogens is 268 g/mol. The van der Waals surface area contributed by atoms with Gasteiger partial charge in [0.25, 0.3) is 0 Å². The molecule has 21 heavy (non-hydrogen) atoms. The Labute approximate surface area is 125 Å². The fourth-order valence-electron chi connectivity index (χ4n) is 1.99. The summed E-state index contributed by atoms with van der Waals surface area (Å²) in [5.74, 6) is -0.413. The zero-order valence-electron chi connectivity index (χ0n) is 12.6. The van der Waals surface area contributed by atoms with Crippen LogP contribution in [0, 0.1) is 5.92 Å². The summed E-state index contributed by atoms with van der Waals surface area (Å²) in [5, 5.41) is 14.4. The van der Waals surface area contributed by atoms with Crippen LogP contribution >= 0.6 is 0 Å². The predicted octanol–water partition coefficient (Wildman–Crippen LogP) is 2.94. The number of rotatable bonds is 8. The number of hydrogen-bond acceptors (Lipinski definition) is 2. The van der Waals surface area contributed by atoms with Crippen molar-refractivity contribution in [1.29, 1.82) is 0 Å². The average Bonchev–Trinajstić information content (AvgIpc) is 2.44. The van der Waals surface area contributed by atoms with E-state index in [-0.39, 0.29) is 0 Å². The Hall–Kier alpha value is -2.04. The quantitative estimate of drug-likeness (QED) is 0.645. The fraction of sp³-hybridized carbons (Fsp3) is 0.500. The lowest BCUT2D eigenvalue weighted by molar-refractivity contribution is -0.139. The first-order valence-corrected chi connectivity index (χ1v) is 7.33. The Bertz CT molecular complexity index is 446. The largest absolute Gasteiger partial charge is 0.479 e. The van der Waals surface area contributed by atoms with Crippen LogP contribution in [0.3, 0.4) is 0 Å². The Balaban J connectivity index is 2.39. The smallest absolute Gasteiger partial charge is 0.330 e. The standard InChI is InChI=1S/C16H24N2O3/c1-12(2)8-6-7-11-17-16(21)18-14(15(19)20)13-9-4-3-5-10-13/h3-5,9-10,12,14H,6-8,11H2,1-2H3,(H,19,20)(H2,17,18,21)/t14-/m1/s1. The van der Waals surface area contributed by atoms with Gasteiger partial charge >= 0.3 is 12.0 Å². The first-order chi connectivity index (χ1) is 10.0. The van der Waals surface area contributed by atoms with Gasteiger partial charge in [0.05, 0.1) is 0 Å². The highest BCUT2D eigenvalue weighted by Gasteiger charge is 2.21. The van der Waals surface area contributed by atoms with Crippen molar-refractivity contribution in [2.45, 2.75) is 39.2 Å². The lowest BCUT2D eigenvalue weighted by Crippen LogP contribution is -2.41. The van der Waals surface area contributed by atoms with E-state index in [9.17, 15) is 14.7 Å². The Morgan fingerprint density at radius 3 is 2.38 bits per heavy atom. The highest BCUT2D eigenvalue weighted by molar-refractivity contribution is 5.83. The highest BCUT2D eigenvalue weighted by atomic mass is 16.4. The third kappa shape index (κ3) is 6.79. The van der Waals surface area contributed by atoms with Crippen LogP contribution in [0.2, 0.25) is 0 Å². The molecule has 0 unspecified atom stereocenters. The molecule has 0 aliphatic heterocycles. The van der Waals surface area contributed by atoms with Gasteiger partial charge in [-0.2, -0.15) is 0 Å². The Kier molecular flexibility index (Phi) is 7.29. The molecule has 0 bridgehead atoms. The molecule has 2 amide bonds. The topological polar surface area (TPSA) is 78.4 Å². The van der Waals surface area contributed by atoms with Crippen LogP contribution in [0.5, 0.6) is 0 Å². The van der Waals surface area contributed by atoms with Crippen molar-refractivity contribution >= 4 is 12.0 Å². The first kappa shape index (κ1) is 17.0. The van der Waals surface area contributed by atoms with Gasteiger partial charge in [0.2, 0.25) is 0 Å². The first-order valence-electron chi connectivity index (χ1n) is 7.33. The third-order valence-electron chi connectivity index (χ3n) is 3.15. The van der Waals surface area contributed by atoms with E-state index < -0.39 is 18.0 Å². The van der Waals surface area contributed by atoms with Crippen molar-refractivity contribution in [3.05, 3.63) is 35.9 Å². The minimum atomic E-state index is -1.07. The number of unbranched alkanes of at least 4 members (excludes halogenated alkanes) is 1. The van der Waals surface area contributed by atoms with E-state index in [0.717, 1.165) is 19.3 Å². The van der Waals surface area contributed by atoms with Crippen LogP contribution < -0.4 is 10.6 Å². The maximum absolute atomic E-state index is 11.7. The van der Waals surface area contributed by atoms with Gasteiger partial charge in [0.15, 0.2) is 6.04 Å². The van der Waals surface area contributed by atoms with E-state index in [4.69, 9.17) is 0 Å². The van der Waals surface area contributed by atoms with Crippen LogP contribution in [0.4, 0.5) is 4.79 Å². The summed E-state index contributed by atoms with van der Waals surface area (Å²) in [5.41, 5.74) is 0.556. The van der Waals surface area contributed by atoms with Crippen LogP contribution in [-0.4, -0.2) is 23.7 Å². The normalized spacial score (nSPS) is 12.0. The molecule has 0 saturated heterocycles. The number of carbonyl (C=O) groups is 2. The maximum atomic E-state index is 11.7. The SMILES string of the molecule is CC(C)CCCCNC(=O)N[C@@H](C(=O)O)c1ccccc1. The third-order valence-corrected chi connectivity index (χ3v) is 3.15. The van der Waals surface area contributed by atoms with Crippen molar-refractivity contribution in [1.82, 2.24) is 10.6 Å². The minimum Gasteiger partial charge on any atom is -0.479 e. The summed E-state index contributed by atoms with van der Waals surface area (Å²) in [6, 6.07) is 7.19. The molecule has 1 rings (SSSR count). The van der Waals surface area contributed by atoms with Gasteiger partial charge in [-0.05, 0) is 17.9 Å². The summed E-state index contributed by atoms with van der Waals surface area (Å²) in [4.78, 5) is 23.0. The van der Waals surface area contributed by atoms with Crippen LogP contribution in [0.1, 0.15) is 44.7 Å². The van der Waals surface area contributed by atoms with E-state index in [0.29, 0.717) is 18.0 Å². The number of benzene rings is 1. The van der Waals surface area contributed by atoms with Gasteiger partial charge in [-0.25, -0.2) is 9.59 Å². The van der Waals surface area contributed by atoms with Crippen molar-refractivity contribution in [3.8, 4) is 0 Å². The van der Waals surface area contributed by atoms with Gasteiger partial charge in [0.1, 0.15) is 0 Å². The molecule has 0 heterocycles. The lowest BCUT2D eigenvalue weighted by atomic mass is 10.1. The van der Waals surface area contributed by atoms with Crippen LogP contribution in [0.15, 0.2) is 30.3 Å². The molecule has 0 saturated carbocycles. The van der Waals surface area contributed by atoms with Gasteiger partial charge in [-0.15, -0.1) is 0 Å². The summed E-state index contributed by atoms with van der Waals surface area (Å²) >= 11 is 0. The summed E-state index contributed by atoms with van der Waals surface area (Å²) in [6.07, 6.45) is 3.08. The molecule has 0 aliphatic carbocycles. The number of carboxylic acid groups (broad SMARTS) is 1. The molecule has 0 spiro atoms. The van der Waals surface area contributed by atoms with E-state index in [1.165, 1.54) is 0 Å². The number of hydrogen-bond donors (Lipinski definition) is 3. The molecule has 3 N–H and O–H groups in total. The second kappa shape index (κ2) is 9.00. The number of urea groups is 1. The zero-order chi connectivity index (χ0) is 15.7. The average molecular weight is 292 g/mol. The zero-order valence-corrected chi connectivity index (χ0v) is 12.6. The Morgan fingerprint density at radius 1 is 1.14 bits per heavy atom. The van der Waals surface area contributed by atoms with Crippen molar-refractivity contribution in [2.75, 3.05) is 6.54 Å². The van der Waals surface area contributed by atoms with Gasteiger partial charge in [0, 0.05) is 6.54 Å². The van der Waals surface area contributed by atoms with Crippen LogP contribution in [-0.2, 0) is 4.79 Å². The molecule has 1 atom stereocenters. The molecular formula is C16H24N2O3. The molecule has 1 aromatic carbocycles. The fourth-order valence-corrected chi connectivity index (χ4v) is 1.99. The molecule has 5 heteroatoms. The van der Waals surface area contributed by atoms with E-state index in [1.807, 2.05) is 0 Å². The number of carboxylic acids is 1. The monoisotopic (exact) mass is 292 g/mol. The van der Waals surface area contributed by atoms with Crippen molar-refractivity contribution < 1.29 is 14.7 Å². The molecule has 116 valence electrons. The molecule has 0 radical (unpaired) electrons. The van der Waals surface area contributed by atoms with Gasteiger partial charge < -0.3 is 15.7 Å². The maximum Gasteiger partial charge on any atom is 0.330 e. The van der Waals surface area contributed by atoms with E-state index in [2.05, 4.69) is 24.5 Å². The summed E-state index contributed by atoms with van der Waals surface area (Å²) < 4.78 is 0. The van der Waals surface area contributed by atoms with Crippen molar-refractivity contribution in [3.63, 3.8) is 0 Å². The van der Waals surface area contributed by atoms with Crippen molar-refractivity contribution in [2.24, 2.45) is 5.92 Å². The van der Waals surface area contributed by atoms with Crippen LogP contribution in [0.25, 0.3) is 0 Å². The highest BCUT2D eigenvalue weighted by Crippen LogP contribution is 2.12. The molecule has 5 nitrogen and oxygen atoms in total. The van der Waals surface area contributed by atoms with Gasteiger partial charge in [-0.3, -0.25) is 0 Å². The number of aliphatic carboxylic acids is 1. The number of nitrogens with one attached hydrogen (secondary N) is 2. The second-order valence-corrected chi connectivity index (χ2v) is 5.47. The van der Waals surface area contributed by atoms with Gasteiger partial charge in [-0.1, -0.05) is 57.0 Å². The van der Waals surface area contributed by atoms with E-state index >= 15 is 0 Å². The minimum absolute atomic E-state index is 0.448. The number of amides is 2. The predicted molar refractivity (Wildman–Crippen MR) is 82.0 cm³/mol. The molecule has 0 aromatic heterocycles. The molecule has 1 aromatic rings. The molecule has 0 fully saturated rings. The second-order valence-electron chi connectivity index (χ2n) is 5.47. The summed E-state index contributed by atoms with van der Waals surface area (Å²) in [7, 11) is 0. The lowest BCUT2D eigenvalue weighted by Gasteiger charge is -2.15. The van der Waals surface area contributed by atoms with E-state index in [1.54, 1.807) is 30.3 Å². The number of carbonyl (C=O) groups excluding carboxylic acids is 1. The summed E-state index contributed by atoms with van der Waals surface area (Å²) in [6.45, 7) is 4.88. The Morgan fingerprint density at radius 2 is 1.81 bits per heavy atom.